The number of morpholine rings is 1. The van der Waals surface area contributed by atoms with E-state index in [9.17, 15) is 13.2 Å². The molecule has 3 fully saturated rings. The summed E-state index contributed by atoms with van der Waals surface area (Å²) >= 11 is 0. The summed E-state index contributed by atoms with van der Waals surface area (Å²) in [7, 11) is -3.39. The molecule has 3 heterocycles. The lowest BCUT2D eigenvalue weighted by Crippen LogP contribution is -2.56. The number of rotatable bonds is 4. The van der Waals surface area contributed by atoms with Gasteiger partial charge in [0, 0.05) is 52.4 Å². The van der Waals surface area contributed by atoms with Crippen LogP contribution in [0.1, 0.15) is 19.8 Å². The monoisotopic (exact) mass is 374 g/mol. The molecule has 3 saturated heterocycles. The summed E-state index contributed by atoms with van der Waals surface area (Å²) < 4.78 is 34.1. The van der Waals surface area contributed by atoms with Crippen LogP contribution < -0.4 is 0 Å². The van der Waals surface area contributed by atoms with Crippen LogP contribution in [0.25, 0.3) is 0 Å². The third-order valence-corrected chi connectivity index (χ3v) is 7.33. The highest BCUT2D eigenvalue weighted by molar-refractivity contribution is 7.86. The normalized spacial score (nSPS) is 28.2. The smallest absolute Gasteiger partial charge is 0.282 e. The standard InChI is InChI=1S/C16H30N4O4S/c1-15-3-2-4-20(13-15)25(22,23)19-7-5-18(6-8-19)16(21)14-17-9-11-24-12-10-17/h15H,2-14H2,1H3. The Hall–Kier alpha value is -0.740. The van der Waals surface area contributed by atoms with E-state index in [-0.39, 0.29) is 5.91 Å². The molecule has 9 heteroatoms. The first-order valence-electron chi connectivity index (χ1n) is 9.30. The van der Waals surface area contributed by atoms with Crippen molar-refractivity contribution in [2.75, 3.05) is 72.1 Å². The largest absolute Gasteiger partial charge is 0.379 e. The molecule has 0 aliphatic carbocycles. The van der Waals surface area contributed by atoms with Gasteiger partial charge in [-0.25, -0.2) is 0 Å². The van der Waals surface area contributed by atoms with Crippen LogP contribution in [0.5, 0.6) is 0 Å². The number of hydrogen-bond acceptors (Lipinski definition) is 5. The number of amides is 1. The molecular weight excluding hydrogens is 344 g/mol. The maximum absolute atomic E-state index is 12.8. The number of ether oxygens (including phenoxy) is 1. The summed E-state index contributed by atoms with van der Waals surface area (Å²) in [6.45, 7) is 8.38. The van der Waals surface area contributed by atoms with E-state index in [1.54, 1.807) is 13.5 Å². The number of piperidine rings is 1. The Balaban J connectivity index is 1.49. The van der Waals surface area contributed by atoms with E-state index in [1.165, 1.54) is 0 Å². The van der Waals surface area contributed by atoms with Gasteiger partial charge in [-0.05, 0) is 18.8 Å². The first-order chi connectivity index (χ1) is 12.0. The van der Waals surface area contributed by atoms with Gasteiger partial charge in [-0.2, -0.15) is 17.0 Å². The molecule has 0 spiro atoms. The van der Waals surface area contributed by atoms with E-state index >= 15 is 0 Å². The van der Waals surface area contributed by atoms with Crippen molar-refractivity contribution in [2.24, 2.45) is 5.92 Å². The molecular formula is C16H30N4O4S. The minimum absolute atomic E-state index is 0.0885. The van der Waals surface area contributed by atoms with Crippen molar-refractivity contribution in [3.05, 3.63) is 0 Å². The maximum Gasteiger partial charge on any atom is 0.282 e. The van der Waals surface area contributed by atoms with Gasteiger partial charge in [0.2, 0.25) is 5.91 Å². The van der Waals surface area contributed by atoms with E-state index < -0.39 is 10.2 Å². The van der Waals surface area contributed by atoms with Crippen molar-refractivity contribution in [2.45, 2.75) is 19.8 Å². The van der Waals surface area contributed by atoms with Gasteiger partial charge in [-0.1, -0.05) is 6.92 Å². The molecule has 0 N–H and O–H groups in total. The van der Waals surface area contributed by atoms with Gasteiger partial charge in [0.05, 0.1) is 19.8 Å². The highest BCUT2D eigenvalue weighted by Gasteiger charge is 2.35. The van der Waals surface area contributed by atoms with E-state index in [0.717, 1.165) is 25.9 Å². The third-order valence-electron chi connectivity index (χ3n) is 5.33. The summed E-state index contributed by atoms with van der Waals surface area (Å²) in [6, 6.07) is 0. The average molecular weight is 375 g/mol. The number of piperazine rings is 1. The minimum atomic E-state index is -3.39. The topological polar surface area (TPSA) is 73.4 Å². The Morgan fingerprint density at radius 3 is 2.32 bits per heavy atom. The van der Waals surface area contributed by atoms with Crippen molar-refractivity contribution < 1.29 is 17.9 Å². The Labute approximate surface area is 150 Å². The van der Waals surface area contributed by atoms with Gasteiger partial charge in [-0.3, -0.25) is 9.69 Å². The lowest BCUT2D eigenvalue weighted by molar-refractivity contribution is -0.134. The summed E-state index contributed by atoms with van der Waals surface area (Å²) in [5.41, 5.74) is 0. The van der Waals surface area contributed by atoms with Gasteiger partial charge in [0.1, 0.15) is 0 Å². The van der Waals surface area contributed by atoms with E-state index in [2.05, 4.69) is 11.8 Å². The summed E-state index contributed by atoms with van der Waals surface area (Å²) in [5, 5.41) is 0. The van der Waals surface area contributed by atoms with Crippen LogP contribution in [0.4, 0.5) is 0 Å². The molecule has 1 unspecified atom stereocenters. The molecule has 0 aromatic heterocycles. The lowest BCUT2D eigenvalue weighted by atomic mass is 10.0. The molecule has 1 atom stereocenters. The molecule has 25 heavy (non-hydrogen) atoms. The molecule has 8 nitrogen and oxygen atoms in total. The zero-order chi connectivity index (χ0) is 17.9. The Kier molecular flexibility index (Phi) is 6.32. The summed E-state index contributed by atoms with van der Waals surface area (Å²) in [5.74, 6) is 0.505. The molecule has 0 radical (unpaired) electrons. The molecule has 0 bridgehead atoms. The molecule has 144 valence electrons. The Morgan fingerprint density at radius 2 is 1.68 bits per heavy atom. The van der Waals surface area contributed by atoms with Crippen molar-refractivity contribution in [1.82, 2.24) is 18.4 Å². The molecule has 1 amide bonds. The van der Waals surface area contributed by atoms with Crippen molar-refractivity contribution in [3.8, 4) is 0 Å². The highest BCUT2D eigenvalue weighted by atomic mass is 32.2. The number of hydrogen-bond donors (Lipinski definition) is 0. The second-order valence-corrected chi connectivity index (χ2v) is 9.21. The molecule has 3 aliphatic rings. The molecule has 0 aromatic rings. The third kappa shape index (κ3) is 4.71. The van der Waals surface area contributed by atoms with Crippen molar-refractivity contribution in [3.63, 3.8) is 0 Å². The molecule has 0 aromatic carbocycles. The van der Waals surface area contributed by atoms with Gasteiger partial charge < -0.3 is 9.64 Å². The van der Waals surface area contributed by atoms with E-state index in [4.69, 9.17) is 4.74 Å². The maximum atomic E-state index is 12.8. The van der Waals surface area contributed by atoms with E-state index in [1.807, 2.05) is 0 Å². The van der Waals surface area contributed by atoms with Gasteiger partial charge in [-0.15, -0.1) is 0 Å². The Morgan fingerprint density at radius 1 is 1.00 bits per heavy atom. The molecule has 0 saturated carbocycles. The van der Waals surface area contributed by atoms with Gasteiger partial charge in [0.25, 0.3) is 10.2 Å². The fourth-order valence-electron chi connectivity index (χ4n) is 3.74. The number of carbonyl (C=O) groups is 1. The number of nitrogens with zero attached hydrogens (tertiary/aromatic N) is 4. The zero-order valence-corrected chi connectivity index (χ0v) is 15.9. The minimum Gasteiger partial charge on any atom is -0.379 e. The van der Waals surface area contributed by atoms with Crippen LogP contribution >= 0.6 is 0 Å². The van der Waals surface area contributed by atoms with Gasteiger partial charge in [0.15, 0.2) is 0 Å². The predicted octanol–water partition coefficient (Wildman–Crippen LogP) is -0.560. The SMILES string of the molecule is CC1CCCN(S(=O)(=O)N2CCN(C(=O)CN3CCOCC3)CC2)C1. The first kappa shape index (κ1) is 19.0. The zero-order valence-electron chi connectivity index (χ0n) is 15.1. The molecule has 3 aliphatic heterocycles. The first-order valence-corrected chi connectivity index (χ1v) is 10.7. The van der Waals surface area contributed by atoms with Crippen LogP contribution in [0.15, 0.2) is 0 Å². The second-order valence-electron chi connectivity index (χ2n) is 7.28. The van der Waals surface area contributed by atoms with Crippen LogP contribution in [-0.4, -0.2) is 105 Å². The van der Waals surface area contributed by atoms with Crippen LogP contribution in [0, 0.1) is 5.92 Å². The van der Waals surface area contributed by atoms with Gasteiger partial charge >= 0.3 is 0 Å². The summed E-state index contributed by atoms with van der Waals surface area (Å²) in [6.07, 6.45) is 2.02. The second kappa shape index (κ2) is 8.30. The fraction of sp³-hybridized carbons (Fsp3) is 0.938. The van der Waals surface area contributed by atoms with Crippen LogP contribution in [-0.2, 0) is 19.7 Å². The van der Waals surface area contributed by atoms with E-state index in [0.29, 0.717) is 64.9 Å². The number of carbonyl (C=O) groups excluding carboxylic acids is 1. The fourth-order valence-corrected chi connectivity index (χ4v) is 5.49. The summed E-state index contributed by atoms with van der Waals surface area (Å²) in [4.78, 5) is 16.3. The lowest BCUT2D eigenvalue weighted by Gasteiger charge is -2.39. The average Bonchev–Trinajstić information content (AvgIpc) is 2.62. The highest BCUT2D eigenvalue weighted by Crippen LogP contribution is 2.21. The van der Waals surface area contributed by atoms with Crippen molar-refractivity contribution in [1.29, 1.82) is 0 Å². The van der Waals surface area contributed by atoms with Crippen LogP contribution in [0.3, 0.4) is 0 Å². The van der Waals surface area contributed by atoms with Crippen LogP contribution in [0.2, 0.25) is 0 Å². The van der Waals surface area contributed by atoms with Crippen molar-refractivity contribution >= 4 is 16.1 Å². The predicted molar refractivity (Wildman–Crippen MR) is 94.3 cm³/mol. The Bertz CT molecular complexity index is 556. The molecule has 3 rings (SSSR count). The quantitative estimate of drug-likeness (QED) is 0.660.